The Kier molecular flexibility index (Phi) is 5.05. The van der Waals surface area contributed by atoms with E-state index in [-0.39, 0.29) is 0 Å². The summed E-state index contributed by atoms with van der Waals surface area (Å²) in [5.41, 5.74) is 8.15. The number of halogens is 1. The average molecular weight is 311 g/mol. The van der Waals surface area contributed by atoms with Crippen molar-refractivity contribution in [3.8, 4) is 0 Å². The summed E-state index contributed by atoms with van der Waals surface area (Å²) in [6, 6.07) is 5.88. The summed E-state index contributed by atoms with van der Waals surface area (Å²) in [5, 5.41) is 0.763. The molecule has 1 aliphatic rings. The molecular formula is C16H23ClN2S. The van der Waals surface area contributed by atoms with Crippen molar-refractivity contribution in [2.75, 3.05) is 13.1 Å². The molecule has 4 heteroatoms. The standard InChI is InChI=1S/C16H23ClN2S/c1-3-16(2)6-8-19(9-7-16)11-13-5-4-12(15(18)20)10-14(13)17/h4-5,10H,3,6-9,11H2,1-2H3,(H2,18,20). The topological polar surface area (TPSA) is 29.3 Å². The van der Waals surface area contributed by atoms with E-state index >= 15 is 0 Å². The van der Waals surface area contributed by atoms with Crippen LogP contribution in [-0.2, 0) is 6.54 Å². The number of rotatable bonds is 4. The van der Waals surface area contributed by atoms with Crippen molar-refractivity contribution >= 4 is 28.8 Å². The smallest absolute Gasteiger partial charge is 0.104 e. The number of benzene rings is 1. The highest BCUT2D eigenvalue weighted by Gasteiger charge is 2.28. The van der Waals surface area contributed by atoms with Gasteiger partial charge in [0.1, 0.15) is 4.99 Å². The lowest BCUT2D eigenvalue weighted by atomic mass is 9.78. The van der Waals surface area contributed by atoms with Crippen LogP contribution >= 0.6 is 23.8 Å². The lowest BCUT2D eigenvalue weighted by Gasteiger charge is -2.39. The molecule has 1 fully saturated rings. The maximum absolute atomic E-state index is 6.33. The summed E-state index contributed by atoms with van der Waals surface area (Å²) in [5.74, 6) is 0. The fraction of sp³-hybridized carbons (Fsp3) is 0.562. The molecule has 0 radical (unpaired) electrons. The molecule has 1 heterocycles. The first-order chi connectivity index (χ1) is 9.43. The fourth-order valence-corrected chi connectivity index (χ4v) is 3.04. The minimum absolute atomic E-state index is 0.398. The van der Waals surface area contributed by atoms with Gasteiger partial charge in [0.25, 0.3) is 0 Å². The largest absolute Gasteiger partial charge is 0.389 e. The van der Waals surface area contributed by atoms with Crippen LogP contribution in [0.2, 0.25) is 5.02 Å². The monoisotopic (exact) mass is 310 g/mol. The summed E-state index contributed by atoms with van der Waals surface area (Å²) in [7, 11) is 0. The molecule has 0 aliphatic carbocycles. The van der Waals surface area contributed by atoms with Gasteiger partial charge < -0.3 is 5.73 Å². The summed E-state index contributed by atoms with van der Waals surface area (Å²) in [6.07, 6.45) is 3.81. The molecule has 0 unspecified atom stereocenters. The Hall–Kier alpha value is -0.640. The van der Waals surface area contributed by atoms with Crippen molar-refractivity contribution in [2.24, 2.45) is 11.1 Å². The van der Waals surface area contributed by atoms with Crippen molar-refractivity contribution in [3.63, 3.8) is 0 Å². The van der Waals surface area contributed by atoms with Crippen molar-refractivity contribution in [1.82, 2.24) is 4.90 Å². The van der Waals surface area contributed by atoms with E-state index in [4.69, 9.17) is 29.6 Å². The van der Waals surface area contributed by atoms with Gasteiger partial charge in [-0.3, -0.25) is 4.90 Å². The second-order valence-electron chi connectivity index (χ2n) is 6.11. The van der Waals surface area contributed by atoms with Crippen LogP contribution in [0.3, 0.4) is 0 Å². The number of hydrogen-bond donors (Lipinski definition) is 1. The molecule has 1 aromatic carbocycles. The predicted octanol–water partition coefficient (Wildman–Crippen LogP) is 3.99. The van der Waals surface area contributed by atoms with Crippen LogP contribution in [0.15, 0.2) is 18.2 Å². The number of piperidine rings is 1. The van der Waals surface area contributed by atoms with Crippen LogP contribution in [0.1, 0.15) is 44.2 Å². The van der Waals surface area contributed by atoms with Crippen LogP contribution in [0.4, 0.5) is 0 Å². The summed E-state index contributed by atoms with van der Waals surface area (Å²) in [4.78, 5) is 2.88. The molecule has 0 spiro atoms. The van der Waals surface area contributed by atoms with Gasteiger partial charge in [0.2, 0.25) is 0 Å². The Morgan fingerprint density at radius 2 is 2.05 bits per heavy atom. The van der Waals surface area contributed by atoms with Crippen molar-refractivity contribution in [2.45, 2.75) is 39.7 Å². The normalized spacial score (nSPS) is 18.9. The van der Waals surface area contributed by atoms with E-state index in [0.29, 0.717) is 10.4 Å². The molecule has 2 N–H and O–H groups in total. The molecule has 0 atom stereocenters. The van der Waals surface area contributed by atoms with Gasteiger partial charge in [-0.1, -0.05) is 56.2 Å². The highest BCUT2D eigenvalue weighted by atomic mass is 35.5. The van der Waals surface area contributed by atoms with E-state index in [2.05, 4.69) is 18.7 Å². The zero-order valence-corrected chi connectivity index (χ0v) is 13.9. The summed E-state index contributed by atoms with van der Waals surface area (Å²) >= 11 is 11.3. The van der Waals surface area contributed by atoms with Crippen LogP contribution < -0.4 is 5.73 Å². The molecule has 20 heavy (non-hydrogen) atoms. The minimum Gasteiger partial charge on any atom is -0.389 e. The zero-order chi connectivity index (χ0) is 14.8. The maximum atomic E-state index is 6.33. The van der Waals surface area contributed by atoms with Crippen LogP contribution in [0.5, 0.6) is 0 Å². The first-order valence-corrected chi connectivity index (χ1v) is 8.03. The van der Waals surface area contributed by atoms with E-state index in [1.165, 1.54) is 19.3 Å². The first kappa shape index (κ1) is 15.7. The number of nitrogens with two attached hydrogens (primary N) is 1. The van der Waals surface area contributed by atoms with Gasteiger partial charge >= 0.3 is 0 Å². The quantitative estimate of drug-likeness (QED) is 0.853. The Morgan fingerprint density at radius 3 is 2.55 bits per heavy atom. The maximum Gasteiger partial charge on any atom is 0.104 e. The van der Waals surface area contributed by atoms with Crippen LogP contribution in [-0.4, -0.2) is 23.0 Å². The van der Waals surface area contributed by atoms with Crippen molar-refractivity contribution < 1.29 is 0 Å². The van der Waals surface area contributed by atoms with Gasteiger partial charge in [-0.05, 0) is 43.0 Å². The molecule has 110 valence electrons. The number of thiocarbonyl (C=S) groups is 1. The molecule has 1 saturated heterocycles. The molecule has 2 nitrogen and oxygen atoms in total. The predicted molar refractivity (Wildman–Crippen MR) is 90.2 cm³/mol. The molecule has 0 amide bonds. The minimum atomic E-state index is 0.398. The molecule has 0 saturated carbocycles. The van der Waals surface area contributed by atoms with Gasteiger partial charge in [0, 0.05) is 17.1 Å². The Balaban J connectivity index is 2.00. The van der Waals surface area contributed by atoms with E-state index in [1.807, 2.05) is 18.2 Å². The SMILES string of the molecule is CCC1(C)CCN(Cc2ccc(C(N)=S)cc2Cl)CC1. The zero-order valence-electron chi connectivity index (χ0n) is 12.3. The van der Waals surface area contributed by atoms with Gasteiger partial charge in [-0.15, -0.1) is 0 Å². The number of likely N-dealkylation sites (tertiary alicyclic amines) is 1. The van der Waals surface area contributed by atoms with Crippen LogP contribution in [0.25, 0.3) is 0 Å². The molecular weight excluding hydrogens is 288 g/mol. The van der Waals surface area contributed by atoms with Gasteiger partial charge in [0.15, 0.2) is 0 Å². The van der Waals surface area contributed by atoms with Crippen molar-refractivity contribution in [1.29, 1.82) is 0 Å². The Bertz CT molecular complexity index is 493. The van der Waals surface area contributed by atoms with E-state index < -0.39 is 0 Å². The summed E-state index contributed by atoms with van der Waals surface area (Å²) in [6.45, 7) is 7.90. The third-order valence-electron chi connectivity index (χ3n) is 4.65. The Labute approximate surface area is 132 Å². The number of nitrogens with zero attached hydrogens (tertiary/aromatic N) is 1. The van der Waals surface area contributed by atoms with E-state index in [9.17, 15) is 0 Å². The fourth-order valence-electron chi connectivity index (χ4n) is 2.67. The second kappa shape index (κ2) is 6.42. The first-order valence-electron chi connectivity index (χ1n) is 7.24. The number of hydrogen-bond acceptors (Lipinski definition) is 2. The molecule has 2 rings (SSSR count). The lowest BCUT2D eigenvalue weighted by molar-refractivity contribution is 0.110. The van der Waals surface area contributed by atoms with Crippen molar-refractivity contribution in [3.05, 3.63) is 34.3 Å². The Morgan fingerprint density at radius 1 is 1.40 bits per heavy atom. The summed E-state index contributed by atoms with van der Waals surface area (Å²) < 4.78 is 0. The van der Waals surface area contributed by atoms with Gasteiger partial charge in [0.05, 0.1) is 0 Å². The van der Waals surface area contributed by atoms with Crippen LogP contribution in [0, 0.1) is 5.41 Å². The molecule has 1 aliphatic heterocycles. The van der Waals surface area contributed by atoms with Gasteiger partial charge in [-0.25, -0.2) is 0 Å². The second-order valence-corrected chi connectivity index (χ2v) is 6.96. The average Bonchev–Trinajstić information content (AvgIpc) is 2.43. The highest BCUT2D eigenvalue weighted by molar-refractivity contribution is 7.80. The highest BCUT2D eigenvalue weighted by Crippen LogP contribution is 2.34. The lowest BCUT2D eigenvalue weighted by Crippen LogP contribution is -2.37. The molecule has 0 bridgehead atoms. The third-order valence-corrected chi connectivity index (χ3v) is 5.24. The molecule has 0 aromatic heterocycles. The van der Waals surface area contributed by atoms with E-state index in [0.717, 1.165) is 35.8 Å². The van der Waals surface area contributed by atoms with Gasteiger partial charge in [-0.2, -0.15) is 0 Å². The molecule has 1 aromatic rings. The van der Waals surface area contributed by atoms with E-state index in [1.54, 1.807) is 0 Å². The third kappa shape index (κ3) is 3.72.